The second-order valence-electron chi connectivity index (χ2n) is 6.79. The lowest BCUT2D eigenvalue weighted by atomic mass is 9.98. The van der Waals surface area contributed by atoms with E-state index in [9.17, 15) is 4.79 Å². The first kappa shape index (κ1) is 25.0. The van der Waals surface area contributed by atoms with Gasteiger partial charge in [0.05, 0.1) is 26.4 Å². The second-order valence-corrected chi connectivity index (χ2v) is 6.79. The first-order valence-electron chi connectivity index (χ1n) is 9.79. The Morgan fingerprint density at radius 3 is 2.42 bits per heavy atom. The van der Waals surface area contributed by atoms with Gasteiger partial charge >= 0.3 is 5.97 Å². The van der Waals surface area contributed by atoms with Gasteiger partial charge in [-0.15, -0.1) is 0 Å². The largest absolute Gasteiger partial charge is 0.480 e. The van der Waals surface area contributed by atoms with Crippen LogP contribution in [0.5, 0.6) is 0 Å². The standard InChI is InChI=1S/C20H31N3O8/c1-26-16-14(11-28-9-8-23-20(21)22)31-19(30-12-15(24)25)18(27-2)17(16)29-10-13-6-4-3-5-7-13/h3-7,14,16-19H,8-12H2,1-2H3,(H,24,25)(H4,21,22,23)/t14-,16-,17+,18-,19-/m1/s1. The molecule has 174 valence electrons. The Bertz CT molecular complexity index is 686. The van der Waals surface area contributed by atoms with Gasteiger partial charge < -0.3 is 45.0 Å². The minimum Gasteiger partial charge on any atom is -0.480 e. The highest BCUT2D eigenvalue weighted by atomic mass is 16.7. The number of aliphatic carboxylic acids is 1. The van der Waals surface area contributed by atoms with Crippen LogP contribution < -0.4 is 11.5 Å². The number of rotatable bonds is 13. The summed E-state index contributed by atoms with van der Waals surface area (Å²) in [5.74, 6) is -1.15. The van der Waals surface area contributed by atoms with Crippen LogP contribution in [0.2, 0.25) is 0 Å². The van der Waals surface area contributed by atoms with Gasteiger partial charge in [0.2, 0.25) is 0 Å². The van der Waals surface area contributed by atoms with Crippen molar-refractivity contribution in [2.75, 3.05) is 40.6 Å². The Kier molecular flexibility index (Phi) is 10.6. The molecule has 1 fully saturated rings. The number of guanidine groups is 1. The van der Waals surface area contributed by atoms with Crippen molar-refractivity contribution >= 4 is 11.9 Å². The van der Waals surface area contributed by atoms with Crippen molar-refractivity contribution in [3.05, 3.63) is 35.9 Å². The Balaban J connectivity index is 2.11. The number of methoxy groups -OCH3 is 2. The van der Waals surface area contributed by atoms with E-state index in [-0.39, 0.29) is 19.2 Å². The summed E-state index contributed by atoms with van der Waals surface area (Å²) in [6, 6.07) is 9.61. The molecule has 1 aromatic rings. The van der Waals surface area contributed by atoms with Crippen molar-refractivity contribution in [3.63, 3.8) is 0 Å². The fourth-order valence-corrected chi connectivity index (χ4v) is 3.23. The number of carboxylic acid groups (broad SMARTS) is 1. The molecule has 1 aromatic carbocycles. The molecular formula is C20H31N3O8. The lowest BCUT2D eigenvalue weighted by molar-refractivity contribution is -0.317. The van der Waals surface area contributed by atoms with Crippen LogP contribution in [0.4, 0.5) is 0 Å². The summed E-state index contributed by atoms with van der Waals surface area (Å²) in [6.45, 7) is 0.437. The SMILES string of the molecule is CO[C@H]1[C@H](OCC(=O)O)O[C@H](COCCN=C(N)N)[C@@H](OC)[C@@H]1OCc1ccccc1. The fraction of sp³-hybridized carbons (Fsp3) is 0.600. The maximum Gasteiger partial charge on any atom is 0.329 e. The maximum absolute atomic E-state index is 11.0. The predicted octanol–water partition coefficient (Wildman–Crippen LogP) is -0.282. The van der Waals surface area contributed by atoms with Gasteiger partial charge in [0, 0.05) is 14.2 Å². The van der Waals surface area contributed by atoms with Gasteiger partial charge in [-0.05, 0) is 5.56 Å². The number of nitrogens with zero attached hydrogens (tertiary/aromatic N) is 1. The zero-order chi connectivity index (χ0) is 22.6. The van der Waals surface area contributed by atoms with Gasteiger partial charge in [0.25, 0.3) is 0 Å². The molecule has 1 heterocycles. The first-order valence-corrected chi connectivity index (χ1v) is 9.79. The first-order chi connectivity index (χ1) is 15.0. The van der Waals surface area contributed by atoms with Gasteiger partial charge in [0.15, 0.2) is 12.2 Å². The number of carbonyl (C=O) groups is 1. The lowest BCUT2D eigenvalue weighted by Gasteiger charge is -2.44. The van der Waals surface area contributed by atoms with Crippen LogP contribution in [-0.4, -0.2) is 88.3 Å². The molecule has 2 rings (SSSR count). The highest BCUT2D eigenvalue weighted by molar-refractivity contribution is 5.75. The van der Waals surface area contributed by atoms with E-state index in [2.05, 4.69) is 4.99 Å². The van der Waals surface area contributed by atoms with Gasteiger partial charge in [-0.25, -0.2) is 4.79 Å². The van der Waals surface area contributed by atoms with Crippen LogP contribution in [0.15, 0.2) is 35.3 Å². The van der Waals surface area contributed by atoms with E-state index in [1.165, 1.54) is 14.2 Å². The van der Waals surface area contributed by atoms with E-state index >= 15 is 0 Å². The van der Waals surface area contributed by atoms with Crippen molar-refractivity contribution in [1.82, 2.24) is 0 Å². The smallest absolute Gasteiger partial charge is 0.329 e. The number of nitrogens with two attached hydrogens (primary N) is 2. The molecule has 5 N–H and O–H groups in total. The van der Waals surface area contributed by atoms with Crippen LogP contribution in [0.1, 0.15) is 5.56 Å². The number of hydrogen-bond acceptors (Lipinski definition) is 8. The predicted molar refractivity (Wildman–Crippen MR) is 110 cm³/mol. The van der Waals surface area contributed by atoms with Crippen molar-refractivity contribution in [2.24, 2.45) is 16.5 Å². The molecule has 31 heavy (non-hydrogen) atoms. The zero-order valence-corrected chi connectivity index (χ0v) is 17.7. The molecule has 0 radical (unpaired) electrons. The molecule has 0 amide bonds. The molecule has 0 aromatic heterocycles. The third kappa shape index (κ3) is 8.05. The molecule has 11 heteroatoms. The van der Waals surface area contributed by atoms with Crippen LogP contribution in [0.25, 0.3) is 0 Å². The zero-order valence-electron chi connectivity index (χ0n) is 17.7. The number of ether oxygens (including phenoxy) is 6. The summed E-state index contributed by atoms with van der Waals surface area (Å²) in [5, 5.41) is 9.00. The molecule has 0 unspecified atom stereocenters. The molecule has 1 saturated heterocycles. The molecule has 0 spiro atoms. The topological polar surface area (TPSA) is 157 Å². The van der Waals surface area contributed by atoms with Crippen molar-refractivity contribution in [3.8, 4) is 0 Å². The molecule has 11 nitrogen and oxygen atoms in total. The van der Waals surface area contributed by atoms with E-state index < -0.39 is 43.3 Å². The highest BCUT2D eigenvalue weighted by Crippen LogP contribution is 2.29. The average Bonchev–Trinajstić information content (AvgIpc) is 2.76. The quantitative estimate of drug-likeness (QED) is 0.211. The number of hydrogen-bond donors (Lipinski definition) is 3. The Labute approximate surface area is 181 Å². The summed E-state index contributed by atoms with van der Waals surface area (Å²) in [5.41, 5.74) is 11.6. The van der Waals surface area contributed by atoms with Crippen LogP contribution >= 0.6 is 0 Å². The van der Waals surface area contributed by atoms with E-state index in [1.807, 2.05) is 30.3 Å². The number of carboxylic acids is 1. The summed E-state index contributed by atoms with van der Waals surface area (Å²) in [6.07, 6.45) is -3.46. The molecular weight excluding hydrogens is 410 g/mol. The van der Waals surface area contributed by atoms with Crippen molar-refractivity contribution < 1.29 is 38.3 Å². The minimum atomic E-state index is -1.13. The van der Waals surface area contributed by atoms with Gasteiger partial charge in [-0.3, -0.25) is 4.99 Å². The van der Waals surface area contributed by atoms with E-state index in [0.717, 1.165) is 5.56 Å². The molecule has 0 aliphatic carbocycles. The molecule has 5 atom stereocenters. The normalized spacial score (nSPS) is 25.8. The van der Waals surface area contributed by atoms with Crippen molar-refractivity contribution in [1.29, 1.82) is 0 Å². The molecule has 0 bridgehead atoms. The van der Waals surface area contributed by atoms with Crippen LogP contribution in [0, 0.1) is 0 Å². The minimum absolute atomic E-state index is 0.0215. The van der Waals surface area contributed by atoms with Gasteiger partial charge in [-0.2, -0.15) is 0 Å². The fourth-order valence-electron chi connectivity index (χ4n) is 3.23. The number of benzene rings is 1. The second kappa shape index (κ2) is 13.2. The summed E-state index contributed by atoms with van der Waals surface area (Å²) >= 11 is 0. The lowest BCUT2D eigenvalue weighted by Crippen LogP contribution is -2.61. The maximum atomic E-state index is 11.0. The van der Waals surface area contributed by atoms with Gasteiger partial charge in [-0.1, -0.05) is 30.3 Å². The molecule has 0 saturated carbocycles. The Morgan fingerprint density at radius 2 is 1.81 bits per heavy atom. The number of aliphatic imine (C=N–C) groups is 1. The van der Waals surface area contributed by atoms with Crippen molar-refractivity contribution in [2.45, 2.75) is 37.3 Å². The third-order valence-electron chi connectivity index (χ3n) is 4.60. The van der Waals surface area contributed by atoms with Crippen LogP contribution in [-0.2, 0) is 39.8 Å². The molecule has 1 aliphatic rings. The Hall–Kier alpha value is -2.28. The monoisotopic (exact) mass is 441 g/mol. The van der Waals surface area contributed by atoms with Crippen LogP contribution in [0.3, 0.4) is 0 Å². The van der Waals surface area contributed by atoms with Gasteiger partial charge in [0.1, 0.15) is 31.0 Å². The summed E-state index contributed by atoms with van der Waals surface area (Å²) in [7, 11) is 3.01. The van der Waals surface area contributed by atoms with E-state index in [4.69, 9.17) is 45.0 Å². The van der Waals surface area contributed by atoms with E-state index in [0.29, 0.717) is 13.2 Å². The third-order valence-corrected chi connectivity index (χ3v) is 4.60. The van der Waals surface area contributed by atoms with E-state index in [1.54, 1.807) is 0 Å². The summed E-state index contributed by atoms with van der Waals surface area (Å²) < 4.78 is 34.3. The highest BCUT2D eigenvalue weighted by Gasteiger charge is 2.48. The summed E-state index contributed by atoms with van der Waals surface area (Å²) in [4.78, 5) is 14.8. The molecule has 1 aliphatic heterocycles. The average molecular weight is 441 g/mol. The Morgan fingerprint density at radius 1 is 1.10 bits per heavy atom.